The average molecular weight is 267 g/mol. The monoisotopic (exact) mass is 267 g/mol. The fraction of sp³-hybridized carbons (Fsp3) is 0.933. The van der Waals surface area contributed by atoms with Crippen molar-refractivity contribution < 1.29 is 4.79 Å². The number of nitrogens with zero attached hydrogens (tertiary/aromatic N) is 1. The fourth-order valence-corrected chi connectivity index (χ4v) is 3.13. The van der Waals surface area contributed by atoms with Crippen LogP contribution in [0.4, 0.5) is 0 Å². The first-order chi connectivity index (χ1) is 9.36. The Bertz CT molecular complexity index is 256. The van der Waals surface area contributed by atoms with Crippen molar-refractivity contribution in [2.75, 3.05) is 39.3 Å². The largest absolute Gasteiger partial charge is 0.355 e. The highest BCUT2D eigenvalue weighted by Crippen LogP contribution is 2.22. The minimum Gasteiger partial charge on any atom is -0.355 e. The van der Waals surface area contributed by atoms with Gasteiger partial charge in [0.1, 0.15) is 0 Å². The number of amides is 1. The number of nitrogens with one attached hydrogen (secondary N) is 2. The van der Waals surface area contributed by atoms with Gasteiger partial charge < -0.3 is 10.6 Å². The molecule has 0 atom stereocenters. The maximum atomic E-state index is 12.2. The van der Waals surface area contributed by atoms with Gasteiger partial charge in [0, 0.05) is 45.2 Å². The standard InChI is InChI=1S/C15H29N3O/c19-15(14-6-4-2-1-3-5-7-14)17-10-13-18-11-8-16-9-12-18/h14,16H,1-13H2,(H,17,19). The topological polar surface area (TPSA) is 44.4 Å². The molecule has 0 spiro atoms. The third kappa shape index (κ3) is 5.49. The van der Waals surface area contributed by atoms with Gasteiger partial charge in [-0.2, -0.15) is 0 Å². The van der Waals surface area contributed by atoms with E-state index in [0.717, 1.165) is 52.1 Å². The van der Waals surface area contributed by atoms with Crippen molar-refractivity contribution in [3.63, 3.8) is 0 Å². The quantitative estimate of drug-likeness (QED) is 0.808. The second kappa shape index (κ2) is 8.54. The van der Waals surface area contributed by atoms with E-state index in [1.54, 1.807) is 0 Å². The lowest BCUT2D eigenvalue weighted by atomic mass is 9.90. The number of carbonyl (C=O) groups is 1. The molecule has 1 aliphatic heterocycles. The Hall–Kier alpha value is -0.610. The highest BCUT2D eigenvalue weighted by Gasteiger charge is 2.19. The van der Waals surface area contributed by atoms with Gasteiger partial charge in [-0.1, -0.05) is 32.1 Å². The molecular weight excluding hydrogens is 238 g/mol. The third-order valence-corrected chi connectivity index (χ3v) is 4.41. The third-order valence-electron chi connectivity index (χ3n) is 4.41. The summed E-state index contributed by atoms with van der Waals surface area (Å²) in [5.74, 6) is 0.584. The molecule has 2 aliphatic rings. The van der Waals surface area contributed by atoms with Crippen molar-refractivity contribution in [1.82, 2.24) is 15.5 Å². The Morgan fingerprint density at radius 3 is 2.37 bits per heavy atom. The Kier molecular flexibility index (Phi) is 6.65. The minimum atomic E-state index is 0.281. The Balaban J connectivity index is 1.62. The lowest BCUT2D eigenvalue weighted by molar-refractivity contribution is -0.125. The summed E-state index contributed by atoms with van der Waals surface area (Å²) in [5.41, 5.74) is 0. The molecule has 0 unspecified atom stereocenters. The number of hydrogen-bond acceptors (Lipinski definition) is 3. The number of carbonyl (C=O) groups excluding carboxylic acids is 1. The van der Waals surface area contributed by atoms with Crippen LogP contribution in [0.3, 0.4) is 0 Å². The van der Waals surface area contributed by atoms with E-state index >= 15 is 0 Å². The molecule has 1 amide bonds. The van der Waals surface area contributed by atoms with E-state index in [4.69, 9.17) is 0 Å². The van der Waals surface area contributed by atoms with Crippen molar-refractivity contribution in [2.45, 2.75) is 44.9 Å². The van der Waals surface area contributed by atoms with Crippen LogP contribution in [0.2, 0.25) is 0 Å². The molecule has 4 heteroatoms. The first kappa shape index (κ1) is 14.8. The number of hydrogen-bond donors (Lipinski definition) is 2. The lowest BCUT2D eigenvalue weighted by Crippen LogP contribution is -2.46. The highest BCUT2D eigenvalue weighted by atomic mass is 16.1. The molecular formula is C15H29N3O. The summed E-state index contributed by atoms with van der Waals surface area (Å²) < 4.78 is 0. The van der Waals surface area contributed by atoms with Crippen molar-refractivity contribution in [1.29, 1.82) is 0 Å². The molecule has 0 aromatic heterocycles. The van der Waals surface area contributed by atoms with Crippen molar-refractivity contribution in [3.05, 3.63) is 0 Å². The zero-order valence-electron chi connectivity index (χ0n) is 12.1. The molecule has 0 aromatic carbocycles. The van der Waals surface area contributed by atoms with Crippen molar-refractivity contribution >= 4 is 5.91 Å². The second-order valence-corrected chi connectivity index (χ2v) is 5.92. The van der Waals surface area contributed by atoms with Crippen LogP contribution in [-0.4, -0.2) is 50.1 Å². The normalized spacial score (nSPS) is 23.6. The molecule has 4 nitrogen and oxygen atoms in total. The van der Waals surface area contributed by atoms with E-state index in [-0.39, 0.29) is 5.92 Å². The van der Waals surface area contributed by atoms with Crippen LogP contribution in [0.25, 0.3) is 0 Å². The van der Waals surface area contributed by atoms with Crippen LogP contribution >= 0.6 is 0 Å². The van der Waals surface area contributed by atoms with Crippen LogP contribution in [0.15, 0.2) is 0 Å². The molecule has 0 aromatic rings. The van der Waals surface area contributed by atoms with Crippen LogP contribution in [0, 0.1) is 5.92 Å². The molecule has 1 aliphatic carbocycles. The summed E-state index contributed by atoms with van der Waals surface area (Å²) >= 11 is 0. The van der Waals surface area contributed by atoms with Gasteiger partial charge in [0.2, 0.25) is 5.91 Å². The van der Waals surface area contributed by atoms with E-state index in [1.165, 1.54) is 32.1 Å². The predicted molar refractivity (Wildman–Crippen MR) is 78.1 cm³/mol. The first-order valence-corrected chi connectivity index (χ1v) is 8.07. The molecule has 1 saturated carbocycles. The molecule has 2 rings (SSSR count). The SMILES string of the molecule is O=C(NCCN1CCNCC1)C1CCCCCCC1. The summed E-state index contributed by atoms with van der Waals surface area (Å²) in [6.07, 6.45) is 8.64. The molecule has 110 valence electrons. The smallest absolute Gasteiger partial charge is 0.223 e. The van der Waals surface area contributed by atoms with Gasteiger partial charge >= 0.3 is 0 Å². The fourth-order valence-electron chi connectivity index (χ4n) is 3.13. The van der Waals surface area contributed by atoms with Gasteiger partial charge in [0.15, 0.2) is 0 Å². The second-order valence-electron chi connectivity index (χ2n) is 5.92. The summed E-state index contributed by atoms with van der Waals surface area (Å²) in [7, 11) is 0. The van der Waals surface area contributed by atoms with Gasteiger partial charge in [-0.05, 0) is 12.8 Å². The van der Waals surface area contributed by atoms with Crippen molar-refractivity contribution in [3.8, 4) is 0 Å². The van der Waals surface area contributed by atoms with E-state index < -0.39 is 0 Å². The molecule has 19 heavy (non-hydrogen) atoms. The van der Waals surface area contributed by atoms with Gasteiger partial charge in [-0.3, -0.25) is 9.69 Å². The summed E-state index contributed by atoms with van der Waals surface area (Å²) in [6, 6.07) is 0. The van der Waals surface area contributed by atoms with Gasteiger partial charge in [-0.15, -0.1) is 0 Å². The van der Waals surface area contributed by atoms with E-state index in [1.807, 2.05) is 0 Å². The maximum Gasteiger partial charge on any atom is 0.223 e. The summed E-state index contributed by atoms with van der Waals surface area (Å²) in [6.45, 7) is 6.20. The summed E-state index contributed by atoms with van der Waals surface area (Å²) in [5, 5.41) is 6.50. The molecule has 2 fully saturated rings. The van der Waals surface area contributed by atoms with Gasteiger partial charge in [0.05, 0.1) is 0 Å². The van der Waals surface area contributed by atoms with E-state index in [9.17, 15) is 4.79 Å². The zero-order valence-corrected chi connectivity index (χ0v) is 12.1. The summed E-state index contributed by atoms with van der Waals surface area (Å²) in [4.78, 5) is 14.6. The molecule has 1 saturated heterocycles. The molecule has 2 N–H and O–H groups in total. The highest BCUT2D eigenvalue weighted by molar-refractivity contribution is 5.78. The van der Waals surface area contributed by atoms with Crippen LogP contribution < -0.4 is 10.6 Å². The maximum absolute atomic E-state index is 12.2. The zero-order chi connectivity index (χ0) is 13.3. The Morgan fingerprint density at radius 1 is 1.05 bits per heavy atom. The van der Waals surface area contributed by atoms with Crippen LogP contribution in [0.5, 0.6) is 0 Å². The number of rotatable bonds is 4. The Labute approximate surface area is 117 Å². The van der Waals surface area contributed by atoms with Crippen molar-refractivity contribution in [2.24, 2.45) is 5.92 Å². The molecule has 1 heterocycles. The van der Waals surface area contributed by atoms with Crippen LogP contribution in [-0.2, 0) is 4.79 Å². The minimum absolute atomic E-state index is 0.281. The Morgan fingerprint density at radius 2 is 1.68 bits per heavy atom. The van der Waals surface area contributed by atoms with Gasteiger partial charge in [-0.25, -0.2) is 0 Å². The molecule has 0 bridgehead atoms. The van der Waals surface area contributed by atoms with Gasteiger partial charge in [0.25, 0.3) is 0 Å². The van der Waals surface area contributed by atoms with E-state index in [0.29, 0.717) is 5.91 Å². The lowest BCUT2D eigenvalue weighted by Gasteiger charge is -2.27. The molecule has 0 radical (unpaired) electrons. The average Bonchev–Trinajstić information content (AvgIpc) is 2.39. The number of piperazine rings is 1. The first-order valence-electron chi connectivity index (χ1n) is 8.07. The predicted octanol–water partition coefficient (Wildman–Crippen LogP) is 1.37. The van der Waals surface area contributed by atoms with E-state index in [2.05, 4.69) is 15.5 Å². The van der Waals surface area contributed by atoms with Crippen LogP contribution in [0.1, 0.15) is 44.9 Å².